The van der Waals surface area contributed by atoms with E-state index in [0.29, 0.717) is 12.6 Å². The second-order valence-corrected chi connectivity index (χ2v) is 5.22. The van der Waals surface area contributed by atoms with Gasteiger partial charge in [-0.2, -0.15) is 5.10 Å². The third-order valence-electron chi connectivity index (χ3n) is 3.85. The summed E-state index contributed by atoms with van der Waals surface area (Å²) in [6.45, 7) is 8.57. The molecule has 0 spiro atoms. The molecule has 1 aromatic rings. The van der Waals surface area contributed by atoms with E-state index in [1.807, 2.05) is 0 Å². The lowest BCUT2D eigenvalue weighted by Crippen LogP contribution is -2.45. The van der Waals surface area contributed by atoms with Gasteiger partial charge < -0.3 is 10.5 Å². The molecule has 1 aliphatic rings. The normalized spacial score (nSPS) is 21.2. The molecule has 1 aliphatic heterocycles. The van der Waals surface area contributed by atoms with Gasteiger partial charge in [0.25, 0.3) is 0 Å². The minimum absolute atomic E-state index is 0.176. The van der Waals surface area contributed by atoms with Gasteiger partial charge in [0, 0.05) is 32.4 Å². The fourth-order valence-corrected chi connectivity index (χ4v) is 2.62. The van der Waals surface area contributed by atoms with Crippen molar-refractivity contribution < 1.29 is 4.74 Å². The average Bonchev–Trinajstić information content (AvgIpc) is 2.89. The molecule has 2 N–H and O–H groups in total. The van der Waals surface area contributed by atoms with E-state index in [4.69, 9.17) is 15.6 Å². The minimum Gasteiger partial charge on any atom is -0.374 e. The molecule has 0 aromatic carbocycles. The lowest BCUT2D eigenvalue weighted by atomic mass is 10.2. The monoisotopic (exact) mass is 266 g/mol. The summed E-state index contributed by atoms with van der Waals surface area (Å²) in [4.78, 5) is 2.38. The van der Waals surface area contributed by atoms with Crippen LogP contribution in [0.1, 0.15) is 38.4 Å². The Kier molecular flexibility index (Phi) is 5.36. The Morgan fingerprint density at radius 3 is 2.95 bits per heavy atom. The molecule has 108 valence electrons. The van der Waals surface area contributed by atoms with Crippen molar-refractivity contribution in [2.75, 3.05) is 26.2 Å². The average molecular weight is 266 g/mol. The van der Waals surface area contributed by atoms with E-state index in [-0.39, 0.29) is 6.10 Å². The molecule has 1 unspecified atom stereocenters. The third kappa shape index (κ3) is 3.78. The highest BCUT2D eigenvalue weighted by molar-refractivity contribution is 5.00. The van der Waals surface area contributed by atoms with Crippen molar-refractivity contribution in [3.05, 3.63) is 18.0 Å². The molecule has 0 saturated carbocycles. The lowest BCUT2D eigenvalue weighted by molar-refractivity contribution is -0.0264. The second kappa shape index (κ2) is 7.03. The maximum Gasteiger partial charge on any atom is 0.0824 e. The van der Waals surface area contributed by atoms with Crippen LogP contribution in [0.3, 0.4) is 0 Å². The summed E-state index contributed by atoms with van der Waals surface area (Å²) >= 11 is 0. The summed E-state index contributed by atoms with van der Waals surface area (Å²) in [5.41, 5.74) is 6.81. The predicted molar refractivity (Wildman–Crippen MR) is 75.9 cm³/mol. The number of aromatic nitrogens is 2. The third-order valence-corrected chi connectivity index (χ3v) is 3.85. The van der Waals surface area contributed by atoms with E-state index in [9.17, 15) is 0 Å². The first-order chi connectivity index (χ1) is 9.26. The fraction of sp³-hybridized carbons (Fsp3) is 0.786. The molecule has 1 saturated heterocycles. The van der Waals surface area contributed by atoms with Gasteiger partial charge in [0.1, 0.15) is 0 Å². The van der Waals surface area contributed by atoms with Crippen LogP contribution in [0.5, 0.6) is 0 Å². The zero-order valence-electron chi connectivity index (χ0n) is 12.1. The standard InChI is InChI=1S/C14H26N4O/c1-3-13(4-2)18-6-5-12(16-18)10-17-7-8-19-14(9-15)11-17/h5-6,13-14H,3-4,7-11,15H2,1-2H3. The highest BCUT2D eigenvalue weighted by Gasteiger charge is 2.20. The van der Waals surface area contributed by atoms with Gasteiger partial charge in [-0.1, -0.05) is 13.8 Å². The molecule has 1 aromatic heterocycles. The van der Waals surface area contributed by atoms with E-state index in [1.165, 1.54) is 0 Å². The van der Waals surface area contributed by atoms with Gasteiger partial charge in [-0.15, -0.1) is 0 Å². The zero-order valence-corrected chi connectivity index (χ0v) is 12.1. The van der Waals surface area contributed by atoms with Gasteiger partial charge in [-0.05, 0) is 18.9 Å². The van der Waals surface area contributed by atoms with Crippen LogP contribution in [-0.4, -0.2) is 47.0 Å². The summed E-state index contributed by atoms with van der Waals surface area (Å²) in [5.74, 6) is 0. The Morgan fingerprint density at radius 1 is 1.47 bits per heavy atom. The number of nitrogens with zero attached hydrogens (tertiary/aromatic N) is 3. The molecule has 2 rings (SSSR count). The van der Waals surface area contributed by atoms with Crippen molar-refractivity contribution in [2.24, 2.45) is 5.73 Å². The quantitative estimate of drug-likeness (QED) is 0.845. The van der Waals surface area contributed by atoms with Gasteiger partial charge >= 0.3 is 0 Å². The highest BCUT2D eigenvalue weighted by Crippen LogP contribution is 2.15. The predicted octanol–water partition coefficient (Wildman–Crippen LogP) is 1.40. The lowest BCUT2D eigenvalue weighted by Gasteiger charge is -2.31. The van der Waals surface area contributed by atoms with Crippen LogP contribution in [0, 0.1) is 0 Å². The molecule has 0 bridgehead atoms. The number of hydrogen-bond donors (Lipinski definition) is 1. The van der Waals surface area contributed by atoms with E-state index < -0.39 is 0 Å². The van der Waals surface area contributed by atoms with Crippen molar-refractivity contribution in [1.82, 2.24) is 14.7 Å². The van der Waals surface area contributed by atoms with Gasteiger partial charge in [-0.3, -0.25) is 9.58 Å². The van der Waals surface area contributed by atoms with Crippen LogP contribution in [0.15, 0.2) is 12.3 Å². The molecule has 19 heavy (non-hydrogen) atoms. The van der Waals surface area contributed by atoms with Crippen molar-refractivity contribution in [1.29, 1.82) is 0 Å². The molecule has 5 heteroatoms. The topological polar surface area (TPSA) is 56.3 Å². The van der Waals surface area contributed by atoms with Crippen LogP contribution in [0.2, 0.25) is 0 Å². The maximum absolute atomic E-state index is 5.67. The fourth-order valence-electron chi connectivity index (χ4n) is 2.62. The smallest absolute Gasteiger partial charge is 0.0824 e. The van der Waals surface area contributed by atoms with Gasteiger partial charge in [0.15, 0.2) is 0 Å². The molecular formula is C14H26N4O. The Hall–Kier alpha value is -0.910. The summed E-state index contributed by atoms with van der Waals surface area (Å²) in [6, 6.07) is 2.65. The molecule has 1 fully saturated rings. The molecule has 1 atom stereocenters. The van der Waals surface area contributed by atoms with Crippen molar-refractivity contribution in [3.63, 3.8) is 0 Å². The van der Waals surface area contributed by atoms with Crippen LogP contribution < -0.4 is 5.73 Å². The number of nitrogens with two attached hydrogens (primary N) is 1. The van der Waals surface area contributed by atoms with E-state index in [2.05, 4.69) is 35.7 Å². The Labute approximate surface area is 115 Å². The highest BCUT2D eigenvalue weighted by atomic mass is 16.5. The van der Waals surface area contributed by atoms with E-state index in [0.717, 1.165) is 44.8 Å². The molecule has 2 heterocycles. The van der Waals surface area contributed by atoms with Crippen molar-refractivity contribution in [3.8, 4) is 0 Å². The van der Waals surface area contributed by atoms with Gasteiger partial charge in [-0.25, -0.2) is 0 Å². The van der Waals surface area contributed by atoms with Crippen molar-refractivity contribution in [2.45, 2.75) is 45.4 Å². The Morgan fingerprint density at radius 2 is 2.26 bits per heavy atom. The number of hydrogen-bond acceptors (Lipinski definition) is 4. The van der Waals surface area contributed by atoms with E-state index >= 15 is 0 Å². The van der Waals surface area contributed by atoms with Gasteiger partial charge in [0.05, 0.1) is 24.4 Å². The molecule has 5 nitrogen and oxygen atoms in total. The summed E-state index contributed by atoms with van der Waals surface area (Å²) in [5, 5.41) is 4.70. The molecule has 0 radical (unpaired) electrons. The Bertz CT molecular complexity index is 375. The minimum atomic E-state index is 0.176. The van der Waals surface area contributed by atoms with Crippen LogP contribution in [-0.2, 0) is 11.3 Å². The van der Waals surface area contributed by atoms with E-state index in [1.54, 1.807) is 0 Å². The SMILES string of the molecule is CCC(CC)n1ccc(CN2CCOC(CN)C2)n1. The summed E-state index contributed by atoms with van der Waals surface area (Å²) in [7, 11) is 0. The number of ether oxygens (including phenoxy) is 1. The molecule has 0 aliphatic carbocycles. The first-order valence-corrected chi connectivity index (χ1v) is 7.34. The summed E-state index contributed by atoms with van der Waals surface area (Å²) < 4.78 is 7.69. The first-order valence-electron chi connectivity index (χ1n) is 7.34. The number of rotatable bonds is 6. The van der Waals surface area contributed by atoms with Crippen LogP contribution in [0.25, 0.3) is 0 Å². The molecular weight excluding hydrogens is 240 g/mol. The maximum atomic E-state index is 5.67. The first kappa shape index (κ1) is 14.5. The summed E-state index contributed by atoms with van der Waals surface area (Å²) in [6.07, 6.45) is 4.54. The Balaban J connectivity index is 1.92. The van der Waals surface area contributed by atoms with Crippen LogP contribution in [0.4, 0.5) is 0 Å². The molecule has 0 amide bonds. The van der Waals surface area contributed by atoms with Crippen LogP contribution >= 0.6 is 0 Å². The second-order valence-electron chi connectivity index (χ2n) is 5.22. The number of morpholine rings is 1. The zero-order chi connectivity index (χ0) is 13.7. The van der Waals surface area contributed by atoms with Crippen molar-refractivity contribution >= 4 is 0 Å². The van der Waals surface area contributed by atoms with Gasteiger partial charge in [0.2, 0.25) is 0 Å². The largest absolute Gasteiger partial charge is 0.374 e.